The smallest absolute Gasteiger partial charge is 0.115 e. The average molecular weight is 241 g/mol. The summed E-state index contributed by atoms with van der Waals surface area (Å²) in [4.78, 5) is 1.94. The zero-order valence-corrected chi connectivity index (χ0v) is 10.2. The van der Waals surface area contributed by atoms with Gasteiger partial charge in [0.2, 0.25) is 0 Å². The molecular formula is C14H11NOS. The van der Waals surface area contributed by atoms with Crippen molar-refractivity contribution in [1.82, 2.24) is 0 Å². The molecule has 0 aliphatic heterocycles. The number of hydrogen-bond acceptors (Lipinski definition) is 3. The van der Waals surface area contributed by atoms with Gasteiger partial charge in [0.05, 0.1) is 5.56 Å². The molecule has 84 valence electrons. The minimum atomic E-state index is 0.249. The molecule has 0 unspecified atom stereocenters. The largest absolute Gasteiger partial charge is 0.508 e. The van der Waals surface area contributed by atoms with Crippen LogP contribution in [0.1, 0.15) is 11.1 Å². The molecule has 2 rings (SSSR count). The lowest BCUT2D eigenvalue weighted by molar-refractivity contribution is 0.475. The highest BCUT2D eigenvalue weighted by atomic mass is 32.2. The summed E-state index contributed by atoms with van der Waals surface area (Å²) in [6.07, 6.45) is 0. The minimum Gasteiger partial charge on any atom is -0.508 e. The van der Waals surface area contributed by atoms with Crippen LogP contribution in [-0.2, 0) is 0 Å². The maximum absolute atomic E-state index is 9.20. The topological polar surface area (TPSA) is 44.0 Å². The molecule has 0 fully saturated rings. The SMILES string of the molecule is Cc1ccc(Sc2ccc(O)cc2)c(C#N)c1. The Labute approximate surface area is 105 Å². The lowest BCUT2D eigenvalue weighted by atomic mass is 10.2. The van der Waals surface area contributed by atoms with Crippen LogP contribution in [0.2, 0.25) is 0 Å². The van der Waals surface area contributed by atoms with Crippen molar-refractivity contribution in [3.63, 3.8) is 0 Å². The van der Waals surface area contributed by atoms with Gasteiger partial charge in [-0.15, -0.1) is 0 Å². The van der Waals surface area contributed by atoms with Gasteiger partial charge < -0.3 is 5.11 Å². The van der Waals surface area contributed by atoms with E-state index in [-0.39, 0.29) is 5.75 Å². The number of aryl methyl sites for hydroxylation is 1. The Balaban J connectivity index is 2.30. The van der Waals surface area contributed by atoms with Crippen LogP contribution < -0.4 is 0 Å². The fourth-order valence-corrected chi connectivity index (χ4v) is 2.34. The highest BCUT2D eigenvalue weighted by molar-refractivity contribution is 7.99. The van der Waals surface area contributed by atoms with Crippen LogP contribution in [0.15, 0.2) is 52.3 Å². The molecule has 2 nitrogen and oxygen atoms in total. The summed E-state index contributed by atoms with van der Waals surface area (Å²) >= 11 is 1.52. The Kier molecular flexibility index (Phi) is 3.36. The number of hydrogen-bond donors (Lipinski definition) is 1. The summed E-state index contributed by atoms with van der Waals surface area (Å²) in [6, 6.07) is 15.0. The predicted molar refractivity (Wildman–Crippen MR) is 68.1 cm³/mol. The number of phenolic OH excluding ortho intramolecular Hbond substituents is 1. The molecule has 0 heterocycles. The Morgan fingerprint density at radius 2 is 1.82 bits per heavy atom. The van der Waals surface area contributed by atoms with E-state index in [9.17, 15) is 5.11 Å². The van der Waals surface area contributed by atoms with E-state index in [0.29, 0.717) is 5.56 Å². The minimum absolute atomic E-state index is 0.249. The van der Waals surface area contributed by atoms with Gasteiger partial charge in [0.25, 0.3) is 0 Å². The lowest BCUT2D eigenvalue weighted by Crippen LogP contribution is -1.83. The number of phenols is 1. The third-order valence-electron chi connectivity index (χ3n) is 2.32. The van der Waals surface area contributed by atoms with Gasteiger partial charge in [0, 0.05) is 9.79 Å². The average Bonchev–Trinajstić information content (AvgIpc) is 2.34. The molecule has 1 N–H and O–H groups in total. The number of nitrogens with zero attached hydrogens (tertiary/aromatic N) is 1. The molecule has 0 aliphatic carbocycles. The first-order chi connectivity index (χ1) is 8.19. The molecule has 2 aromatic carbocycles. The van der Waals surface area contributed by atoms with Crippen molar-refractivity contribution >= 4 is 11.8 Å². The molecule has 0 spiro atoms. The van der Waals surface area contributed by atoms with Crippen molar-refractivity contribution in [2.24, 2.45) is 0 Å². The summed E-state index contributed by atoms with van der Waals surface area (Å²) in [6.45, 7) is 1.97. The number of benzene rings is 2. The Morgan fingerprint density at radius 3 is 2.47 bits per heavy atom. The van der Waals surface area contributed by atoms with E-state index in [4.69, 9.17) is 5.26 Å². The van der Waals surface area contributed by atoms with Crippen LogP contribution >= 0.6 is 11.8 Å². The zero-order chi connectivity index (χ0) is 12.3. The van der Waals surface area contributed by atoms with Gasteiger partial charge in [-0.1, -0.05) is 17.8 Å². The van der Waals surface area contributed by atoms with Crippen molar-refractivity contribution in [2.75, 3.05) is 0 Å². The fraction of sp³-hybridized carbons (Fsp3) is 0.0714. The van der Waals surface area contributed by atoms with E-state index in [2.05, 4.69) is 6.07 Å². The van der Waals surface area contributed by atoms with Crippen LogP contribution in [-0.4, -0.2) is 5.11 Å². The maximum atomic E-state index is 9.20. The molecule has 0 aliphatic rings. The van der Waals surface area contributed by atoms with Gasteiger partial charge in [-0.3, -0.25) is 0 Å². The summed E-state index contributed by atoms with van der Waals surface area (Å²) in [5, 5.41) is 18.3. The van der Waals surface area contributed by atoms with Crippen molar-refractivity contribution in [1.29, 1.82) is 5.26 Å². The first kappa shape index (κ1) is 11.6. The standard InChI is InChI=1S/C14H11NOS/c1-10-2-7-14(11(8-10)9-15)17-13-5-3-12(16)4-6-13/h2-8,16H,1H3. The van der Waals surface area contributed by atoms with Crippen LogP contribution in [0.3, 0.4) is 0 Å². The molecule has 0 saturated heterocycles. The highest BCUT2D eigenvalue weighted by Gasteiger charge is 2.04. The summed E-state index contributed by atoms with van der Waals surface area (Å²) in [5.74, 6) is 0.249. The van der Waals surface area contributed by atoms with Gasteiger partial charge in [0.1, 0.15) is 11.8 Å². The first-order valence-corrected chi connectivity index (χ1v) is 5.98. The van der Waals surface area contributed by atoms with Crippen LogP contribution in [0.5, 0.6) is 5.75 Å². The summed E-state index contributed by atoms with van der Waals surface area (Å²) < 4.78 is 0. The predicted octanol–water partition coefficient (Wildman–Crippen LogP) is 3.72. The Hall–Kier alpha value is -1.92. The van der Waals surface area contributed by atoms with E-state index in [1.54, 1.807) is 12.1 Å². The molecule has 0 amide bonds. The van der Waals surface area contributed by atoms with E-state index >= 15 is 0 Å². The van der Waals surface area contributed by atoms with Crippen LogP contribution in [0, 0.1) is 18.3 Å². The quantitative estimate of drug-likeness (QED) is 0.871. The molecular weight excluding hydrogens is 230 g/mol. The van der Waals surface area contributed by atoms with E-state index in [1.165, 1.54) is 11.8 Å². The second-order valence-electron chi connectivity index (χ2n) is 3.71. The number of nitriles is 1. The third kappa shape index (κ3) is 2.80. The molecule has 3 heteroatoms. The Bertz CT molecular complexity index is 570. The molecule has 0 atom stereocenters. The highest BCUT2D eigenvalue weighted by Crippen LogP contribution is 2.31. The first-order valence-electron chi connectivity index (χ1n) is 5.16. The second kappa shape index (κ2) is 4.94. The lowest BCUT2D eigenvalue weighted by Gasteiger charge is -2.04. The summed E-state index contributed by atoms with van der Waals surface area (Å²) in [7, 11) is 0. The van der Waals surface area contributed by atoms with Crippen LogP contribution in [0.25, 0.3) is 0 Å². The van der Waals surface area contributed by atoms with Crippen molar-refractivity contribution in [3.05, 3.63) is 53.6 Å². The van der Waals surface area contributed by atoms with Gasteiger partial charge >= 0.3 is 0 Å². The van der Waals surface area contributed by atoms with Crippen LogP contribution in [0.4, 0.5) is 0 Å². The van der Waals surface area contributed by atoms with E-state index in [1.807, 2.05) is 37.3 Å². The monoisotopic (exact) mass is 241 g/mol. The summed E-state index contributed by atoms with van der Waals surface area (Å²) in [5.41, 5.74) is 1.76. The van der Waals surface area contributed by atoms with E-state index < -0.39 is 0 Å². The van der Waals surface area contributed by atoms with Crippen molar-refractivity contribution in [3.8, 4) is 11.8 Å². The molecule has 0 saturated carbocycles. The molecule has 0 bridgehead atoms. The number of aromatic hydroxyl groups is 1. The Morgan fingerprint density at radius 1 is 1.12 bits per heavy atom. The van der Waals surface area contributed by atoms with Gasteiger partial charge in [0.15, 0.2) is 0 Å². The normalized spacial score (nSPS) is 9.88. The van der Waals surface area contributed by atoms with Crippen molar-refractivity contribution in [2.45, 2.75) is 16.7 Å². The second-order valence-corrected chi connectivity index (χ2v) is 4.82. The zero-order valence-electron chi connectivity index (χ0n) is 9.34. The van der Waals surface area contributed by atoms with Gasteiger partial charge in [-0.2, -0.15) is 5.26 Å². The van der Waals surface area contributed by atoms with Gasteiger partial charge in [-0.25, -0.2) is 0 Å². The van der Waals surface area contributed by atoms with Gasteiger partial charge in [-0.05, 0) is 48.9 Å². The number of rotatable bonds is 2. The molecule has 2 aromatic rings. The molecule has 0 radical (unpaired) electrons. The fourth-order valence-electron chi connectivity index (χ4n) is 1.46. The van der Waals surface area contributed by atoms with Crippen molar-refractivity contribution < 1.29 is 5.11 Å². The molecule has 0 aromatic heterocycles. The maximum Gasteiger partial charge on any atom is 0.115 e. The third-order valence-corrected chi connectivity index (χ3v) is 3.40. The molecule has 17 heavy (non-hydrogen) atoms. The van der Waals surface area contributed by atoms with E-state index in [0.717, 1.165) is 15.4 Å².